The van der Waals surface area contributed by atoms with Crippen molar-refractivity contribution in [3.63, 3.8) is 0 Å². The molecule has 0 aromatic rings. The zero-order chi connectivity index (χ0) is 8.10. The summed E-state index contributed by atoms with van der Waals surface area (Å²) in [5.41, 5.74) is 0. The molecule has 1 atom stereocenters. The topological polar surface area (TPSA) is 30.8 Å². The van der Waals surface area contributed by atoms with Crippen molar-refractivity contribution < 1.29 is 9.47 Å². The van der Waals surface area contributed by atoms with Crippen LogP contribution < -0.4 is 0 Å². The first-order chi connectivity index (χ1) is 5.36. The molecular formula is C7H13NO2S. The summed E-state index contributed by atoms with van der Waals surface area (Å²) < 4.78 is 10.5. The molecule has 0 saturated heterocycles. The van der Waals surface area contributed by atoms with E-state index in [0.29, 0.717) is 13.2 Å². The Bertz CT molecular complexity index is 149. The number of hydrogen-bond acceptors (Lipinski definition) is 4. The maximum Gasteiger partial charge on any atom is 0.248 e. The molecule has 1 heterocycles. The summed E-state index contributed by atoms with van der Waals surface area (Å²) in [7, 11) is 0. The molecule has 11 heavy (non-hydrogen) atoms. The van der Waals surface area contributed by atoms with Gasteiger partial charge in [0.15, 0.2) is 6.23 Å². The predicted octanol–water partition coefficient (Wildman–Crippen LogP) is 1.49. The van der Waals surface area contributed by atoms with Crippen molar-refractivity contribution in [2.45, 2.75) is 20.1 Å². The number of rotatable bonds is 3. The average Bonchev–Trinajstić information content (AvgIpc) is 2.38. The van der Waals surface area contributed by atoms with Crippen LogP contribution in [-0.4, -0.2) is 30.4 Å². The highest BCUT2D eigenvalue weighted by Crippen LogP contribution is 2.19. The Hall–Kier alpha value is -0.220. The Morgan fingerprint density at radius 2 is 2.36 bits per heavy atom. The Kier molecular flexibility index (Phi) is 3.72. The molecule has 1 unspecified atom stereocenters. The lowest BCUT2D eigenvalue weighted by molar-refractivity contribution is 0.0868. The molecule has 3 nitrogen and oxygen atoms in total. The summed E-state index contributed by atoms with van der Waals surface area (Å²) >= 11 is 1.62. The van der Waals surface area contributed by atoms with Gasteiger partial charge < -0.3 is 9.47 Å². The van der Waals surface area contributed by atoms with Crippen LogP contribution in [0.5, 0.6) is 0 Å². The molecule has 0 bridgehead atoms. The Morgan fingerprint density at radius 1 is 1.55 bits per heavy atom. The van der Waals surface area contributed by atoms with E-state index < -0.39 is 0 Å². The van der Waals surface area contributed by atoms with E-state index in [1.807, 2.05) is 13.8 Å². The van der Waals surface area contributed by atoms with Gasteiger partial charge in [-0.05, 0) is 13.8 Å². The zero-order valence-electron chi connectivity index (χ0n) is 6.87. The van der Waals surface area contributed by atoms with Crippen LogP contribution in [-0.2, 0) is 9.47 Å². The van der Waals surface area contributed by atoms with E-state index in [-0.39, 0.29) is 6.23 Å². The van der Waals surface area contributed by atoms with Gasteiger partial charge in [0, 0.05) is 12.4 Å². The van der Waals surface area contributed by atoms with Crippen LogP contribution in [0.15, 0.2) is 4.99 Å². The predicted molar refractivity (Wildman–Crippen MR) is 46.9 cm³/mol. The van der Waals surface area contributed by atoms with E-state index in [9.17, 15) is 0 Å². The van der Waals surface area contributed by atoms with Gasteiger partial charge in [-0.15, -0.1) is 0 Å². The van der Waals surface area contributed by atoms with Gasteiger partial charge in [-0.25, -0.2) is 4.99 Å². The normalized spacial score (nSPS) is 23.5. The standard InChI is InChI=1S/C7H13NO2S/c1-3-9-6-5-11-7(8-6)10-4-2/h6H,3-5H2,1-2H3. The van der Waals surface area contributed by atoms with Gasteiger partial charge in [-0.2, -0.15) is 0 Å². The van der Waals surface area contributed by atoms with Crippen molar-refractivity contribution in [2.24, 2.45) is 4.99 Å². The van der Waals surface area contributed by atoms with Crippen molar-refractivity contribution in [3.8, 4) is 0 Å². The molecule has 0 fully saturated rings. The average molecular weight is 175 g/mol. The lowest BCUT2D eigenvalue weighted by Gasteiger charge is -2.02. The Labute approximate surface area is 71.2 Å². The minimum atomic E-state index is 0.0200. The molecule has 0 aromatic heterocycles. The van der Waals surface area contributed by atoms with Crippen LogP contribution in [0.4, 0.5) is 0 Å². The van der Waals surface area contributed by atoms with Gasteiger partial charge in [0.2, 0.25) is 5.23 Å². The fourth-order valence-corrected chi connectivity index (χ4v) is 1.66. The van der Waals surface area contributed by atoms with Gasteiger partial charge in [0.1, 0.15) is 0 Å². The van der Waals surface area contributed by atoms with Crippen molar-refractivity contribution in [1.82, 2.24) is 0 Å². The van der Waals surface area contributed by atoms with Crippen molar-refractivity contribution in [3.05, 3.63) is 0 Å². The molecule has 64 valence electrons. The lowest BCUT2D eigenvalue weighted by atomic mass is 10.7. The van der Waals surface area contributed by atoms with E-state index in [1.54, 1.807) is 11.8 Å². The van der Waals surface area contributed by atoms with E-state index in [2.05, 4.69) is 4.99 Å². The van der Waals surface area contributed by atoms with Crippen LogP contribution in [0.1, 0.15) is 13.8 Å². The zero-order valence-corrected chi connectivity index (χ0v) is 7.69. The number of nitrogens with zero attached hydrogens (tertiary/aromatic N) is 1. The van der Waals surface area contributed by atoms with Crippen LogP contribution in [0.3, 0.4) is 0 Å². The second kappa shape index (κ2) is 4.62. The number of ether oxygens (including phenoxy) is 2. The van der Waals surface area contributed by atoms with Crippen LogP contribution >= 0.6 is 11.8 Å². The molecule has 0 aromatic carbocycles. The largest absolute Gasteiger partial charge is 0.473 e. The first-order valence-electron chi connectivity index (χ1n) is 3.81. The molecule has 1 aliphatic heterocycles. The summed E-state index contributed by atoms with van der Waals surface area (Å²) in [4.78, 5) is 4.20. The van der Waals surface area contributed by atoms with E-state index in [1.165, 1.54) is 0 Å². The quantitative estimate of drug-likeness (QED) is 0.651. The number of hydrogen-bond donors (Lipinski definition) is 0. The van der Waals surface area contributed by atoms with E-state index in [4.69, 9.17) is 9.47 Å². The molecule has 4 heteroatoms. The number of thioether (sulfide) groups is 1. The van der Waals surface area contributed by atoms with Gasteiger partial charge >= 0.3 is 0 Å². The maximum atomic E-state index is 5.29. The molecule has 0 saturated carbocycles. The minimum absolute atomic E-state index is 0.0200. The van der Waals surface area contributed by atoms with Crippen molar-refractivity contribution in [1.29, 1.82) is 0 Å². The molecule has 0 N–H and O–H groups in total. The second-order valence-electron chi connectivity index (χ2n) is 2.05. The van der Waals surface area contributed by atoms with Gasteiger partial charge in [0.05, 0.1) is 6.61 Å². The first kappa shape index (κ1) is 8.87. The summed E-state index contributed by atoms with van der Waals surface area (Å²) in [6.45, 7) is 5.33. The number of aliphatic imine (C=N–C) groups is 1. The fraction of sp³-hybridized carbons (Fsp3) is 0.857. The molecule has 1 aliphatic rings. The molecule has 0 amide bonds. The fourth-order valence-electron chi connectivity index (χ4n) is 0.815. The third-order valence-corrected chi connectivity index (χ3v) is 2.15. The van der Waals surface area contributed by atoms with Crippen LogP contribution in [0.25, 0.3) is 0 Å². The van der Waals surface area contributed by atoms with Gasteiger partial charge in [-0.3, -0.25) is 0 Å². The Morgan fingerprint density at radius 3 is 3.00 bits per heavy atom. The summed E-state index contributed by atoms with van der Waals surface area (Å²) in [5.74, 6) is 0.892. The molecule has 0 spiro atoms. The SMILES string of the molecule is CCOC1=NC(OCC)CS1. The van der Waals surface area contributed by atoms with Crippen molar-refractivity contribution >= 4 is 17.0 Å². The highest BCUT2D eigenvalue weighted by atomic mass is 32.2. The third-order valence-electron chi connectivity index (χ3n) is 1.23. The smallest absolute Gasteiger partial charge is 0.248 e. The maximum absolute atomic E-state index is 5.29. The minimum Gasteiger partial charge on any atom is -0.473 e. The van der Waals surface area contributed by atoms with E-state index >= 15 is 0 Å². The lowest BCUT2D eigenvalue weighted by Crippen LogP contribution is -2.08. The monoisotopic (exact) mass is 175 g/mol. The molecule has 1 rings (SSSR count). The summed E-state index contributed by atoms with van der Waals surface area (Å²) in [6, 6.07) is 0. The van der Waals surface area contributed by atoms with Crippen LogP contribution in [0.2, 0.25) is 0 Å². The third kappa shape index (κ3) is 2.71. The highest BCUT2D eigenvalue weighted by molar-refractivity contribution is 8.13. The summed E-state index contributed by atoms with van der Waals surface area (Å²) in [6.07, 6.45) is 0.0200. The van der Waals surface area contributed by atoms with E-state index in [0.717, 1.165) is 11.0 Å². The van der Waals surface area contributed by atoms with Gasteiger partial charge in [-0.1, -0.05) is 11.8 Å². The summed E-state index contributed by atoms with van der Waals surface area (Å²) in [5, 5.41) is 0.769. The van der Waals surface area contributed by atoms with Crippen molar-refractivity contribution in [2.75, 3.05) is 19.0 Å². The first-order valence-corrected chi connectivity index (χ1v) is 4.80. The molecule has 0 radical (unpaired) electrons. The second-order valence-corrected chi connectivity index (χ2v) is 3.02. The Balaban J connectivity index is 2.28. The van der Waals surface area contributed by atoms with Crippen LogP contribution in [0, 0.1) is 0 Å². The molecular weight excluding hydrogens is 162 g/mol. The highest BCUT2D eigenvalue weighted by Gasteiger charge is 2.18. The molecule has 0 aliphatic carbocycles. The van der Waals surface area contributed by atoms with Gasteiger partial charge in [0.25, 0.3) is 0 Å².